The number of alkyl halides is 1. The quantitative estimate of drug-likeness (QED) is 0.0318. The predicted octanol–water partition coefficient (Wildman–Crippen LogP) is 8.00. The first-order valence-corrected chi connectivity index (χ1v) is 34.3. The van der Waals surface area contributed by atoms with Crippen LogP contribution in [-0.2, 0) is 74.9 Å². The highest BCUT2D eigenvalue weighted by Gasteiger charge is 2.27. The summed E-state index contributed by atoms with van der Waals surface area (Å²) in [6, 6.07) is 5.74. The zero-order chi connectivity index (χ0) is 70.2. The molecule has 6 aliphatic heterocycles. The van der Waals surface area contributed by atoms with Gasteiger partial charge in [-0.1, -0.05) is 60.6 Å². The molecule has 6 heterocycles. The molecule has 4 fully saturated rings. The fourth-order valence-corrected chi connectivity index (χ4v) is 10.6. The molecule has 0 aliphatic carbocycles. The SMILES string of the molecule is CC.CCOCOc1cc2c(c(OCOCC)c1)C(=O)O[C@H](C)C/C=C/[C@@H](O)C/C=C/C(=NOCC(=O)N1CCCCC1)C2.C[C@@H]1C/C=C/[C@@H](OCC(=O)N2CCOCC2)C/C=C/C(=NOCC(=O)N2CCCCC2)Cc2cc(O)cc(O)c2C(=O)O1.O=C(CCl)N1CCOCC1. The molecule has 4 saturated heterocycles. The topological polar surface area (TPSA) is 302 Å². The van der Waals surface area contributed by atoms with Gasteiger partial charge in [0.25, 0.3) is 11.8 Å². The summed E-state index contributed by atoms with van der Waals surface area (Å²) in [5.74, 6) is -1.66. The first-order chi connectivity index (χ1) is 47.0. The minimum atomic E-state index is -0.751. The molecule has 0 bridgehead atoms. The number of aromatic hydroxyl groups is 2. The predicted molar refractivity (Wildman–Crippen MR) is 363 cm³/mol. The van der Waals surface area contributed by atoms with Gasteiger partial charge in [0.1, 0.15) is 58.8 Å². The van der Waals surface area contributed by atoms with Crippen LogP contribution in [0.2, 0.25) is 0 Å². The maximum atomic E-state index is 13.5. The number of likely N-dealkylation sites (tertiary alicyclic amines) is 2. The first kappa shape index (κ1) is 80.1. The van der Waals surface area contributed by atoms with Gasteiger partial charge in [-0.3, -0.25) is 19.2 Å². The van der Waals surface area contributed by atoms with Crippen LogP contribution >= 0.6 is 11.6 Å². The normalized spacial score (nSPS) is 22.6. The number of hydrogen-bond acceptors (Lipinski definition) is 22. The molecule has 0 spiro atoms. The fourth-order valence-electron chi connectivity index (χ4n) is 10.5. The van der Waals surface area contributed by atoms with E-state index in [0.29, 0.717) is 140 Å². The van der Waals surface area contributed by atoms with Crippen molar-refractivity contribution in [3.05, 3.63) is 95.1 Å². The smallest absolute Gasteiger partial charge is 0.342 e. The lowest BCUT2D eigenvalue weighted by molar-refractivity contribution is -0.141. The second-order valence-electron chi connectivity index (χ2n) is 23.0. The Morgan fingerprint density at radius 3 is 1.58 bits per heavy atom. The van der Waals surface area contributed by atoms with Gasteiger partial charge in [-0.25, -0.2) is 9.59 Å². The minimum Gasteiger partial charge on any atom is -0.508 e. The first-order valence-electron chi connectivity index (χ1n) is 33.8. The summed E-state index contributed by atoms with van der Waals surface area (Å²) < 4.78 is 50.0. The number of halogens is 1. The van der Waals surface area contributed by atoms with Crippen molar-refractivity contribution in [1.82, 2.24) is 19.6 Å². The monoisotopic (exact) mass is 1380 g/mol. The number of phenolic OH excluding ortho intramolecular Hbond substituents is 2. The maximum absolute atomic E-state index is 13.5. The van der Waals surface area contributed by atoms with Gasteiger partial charge >= 0.3 is 11.9 Å². The minimum absolute atomic E-state index is 0.00460. The number of phenols is 2. The Balaban J connectivity index is 0.000000299. The summed E-state index contributed by atoms with van der Waals surface area (Å²) in [5, 5.41) is 39.5. The number of morpholine rings is 2. The standard InChI is InChI=1S/C31H41N3O9.C31H44N2O9.C6H10ClNO2.C2H6/c1-22-7-5-9-26(41-20-28(37)34-13-15-40-16-14-34)10-6-8-24(32-42-21-29(38)33-11-3-2-4-12-33)17-23-18-25(35)19-27(36)30(23)31(39)43-22;1-4-37-21-39-27-18-24-17-25(32-41-20-29(35)33-15-7-6-8-16-33)12-10-14-26(34)13-9-11-23(3)42-31(36)30(24)28(19-27)40-22-38-5-2;7-5-6(9)8-1-3-10-4-2-8;1-2/h5-6,8-9,18-19,22,26,35-36H,2-4,7,10-17,20-21H2,1H3;9-10,12-13,18-19,23,26,34H,4-8,11,14-17,20-22H2,1-3H3;1-5H2;1-2H3/b8-6+,9-5+,32-24?;12-10+,13-9+,32-25?;;/t22-,26-;23-,26-;;/m11../s1. The molecule has 0 saturated carbocycles. The lowest BCUT2D eigenvalue weighted by Crippen LogP contribution is -2.42. The zero-order valence-corrected chi connectivity index (χ0v) is 58.0. The molecular formula is C70H101ClN6O20. The lowest BCUT2D eigenvalue weighted by atomic mass is 9.99. The molecule has 3 N–H and O–H groups in total. The van der Waals surface area contributed by atoms with Crippen molar-refractivity contribution in [2.24, 2.45) is 10.3 Å². The van der Waals surface area contributed by atoms with Crippen LogP contribution in [0.5, 0.6) is 23.0 Å². The largest absolute Gasteiger partial charge is 0.508 e. The second-order valence-corrected chi connectivity index (χ2v) is 23.3. The number of aliphatic hydroxyl groups is 1. The molecule has 4 amide bonds. The molecule has 0 radical (unpaired) electrons. The van der Waals surface area contributed by atoms with Crippen molar-refractivity contribution >= 4 is 58.6 Å². The number of fused-ring (bicyclic) bond motifs is 2. The van der Waals surface area contributed by atoms with E-state index in [0.717, 1.165) is 44.6 Å². The van der Waals surface area contributed by atoms with Crippen LogP contribution in [0.25, 0.3) is 0 Å². The Hall–Kier alpha value is -7.59. The summed E-state index contributed by atoms with van der Waals surface area (Å²) in [6.07, 6.45) is 19.6. The molecule has 8 rings (SSSR count). The number of oxime groups is 2. The van der Waals surface area contributed by atoms with Gasteiger partial charge < -0.3 is 87.2 Å². The molecule has 0 aromatic heterocycles. The van der Waals surface area contributed by atoms with Gasteiger partial charge in [0.15, 0.2) is 26.8 Å². The zero-order valence-electron chi connectivity index (χ0n) is 57.2. The highest BCUT2D eigenvalue weighted by Crippen LogP contribution is 2.33. The maximum Gasteiger partial charge on any atom is 0.342 e. The Labute approximate surface area is 575 Å². The Bertz CT molecular complexity index is 2950. The summed E-state index contributed by atoms with van der Waals surface area (Å²) >= 11 is 5.35. The number of nitrogens with zero attached hydrogens (tertiary/aromatic N) is 6. The number of piperidine rings is 2. The van der Waals surface area contributed by atoms with Crippen molar-refractivity contribution < 1.29 is 96.4 Å². The number of cyclic esters (lactones) is 2. The number of amides is 4. The number of esters is 2. The van der Waals surface area contributed by atoms with Crippen molar-refractivity contribution in [2.45, 2.75) is 143 Å². The summed E-state index contributed by atoms with van der Waals surface area (Å²) in [7, 11) is 0. The number of ether oxygens (including phenoxy) is 9. The molecular weight excluding hydrogens is 1280 g/mol. The summed E-state index contributed by atoms with van der Waals surface area (Å²) in [4.78, 5) is 93.3. The molecule has 6 aliphatic rings. The van der Waals surface area contributed by atoms with E-state index >= 15 is 0 Å². The van der Waals surface area contributed by atoms with E-state index in [-0.39, 0.29) is 104 Å². The molecule has 27 heteroatoms. The fraction of sp³-hybridized carbons (Fsp3) is 0.600. The Kier molecular flexibility index (Phi) is 37.8. The summed E-state index contributed by atoms with van der Waals surface area (Å²) in [5.41, 5.74) is 1.67. The third-order valence-corrected chi connectivity index (χ3v) is 15.8. The highest BCUT2D eigenvalue weighted by molar-refractivity contribution is 6.27. The Morgan fingerprint density at radius 1 is 0.567 bits per heavy atom. The van der Waals surface area contributed by atoms with Crippen LogP contribution in [-0.4, -0.2) is 238 Å². The van der Waals surface area contributed by atoms with Crippen LogP contribution in [0.3, 0.4) is 0 Å². The van der Waals surface area contributed by atoms with Crippen molar-refractivity contribution in [3.63, 3.8) is 0 Å². The average Bonchev–Trinajstić information content (AvgIpc) is 0.877. The lowest BCUT2D eigenvalue weighted by Gasteiger charge is -2.27. The van der Waals surface area contributed by atoms with Crippen molar-refractivity contribution in [2.75, 3.05) is 131 Å². The third kappa shape index (κ3) is 29.6. The number of carbonyl (C=O) groups excluding carboxylic acids is 6. The molecule has 4 atom stereocenters. The molecule has 26 nitrogen and oxygen atoms in total. The van der Waals surface area contributed by atoms with Gasteiger partial charge in [0.2, 0.25) is 11.8 Å². The molecule has 0 unspecified atom stereocenters. The van der Waals surface area contributed by atoms with Gasteiger partial charge in [-0.2, -0.15) is 0 Å². The third-order valence-electron chi connectivity index (χ3n) is 15.6. The van der Waals surface area contributed by atoms with Gasteiger partial charge in [0.05, 0.1) is 50.1 Å². The van der Waals surface area contributed by atoms with Crippen LogP contribution < -0.4 is 9.47 Å². The molecule has 97 heavy (non-hydrogen) atoms. The van der Waals surface area contributed by atoms with Crippen LogP contribution in [0.15, 0.2) is 83.2 Å². The highest BCUT2D eigenvalue weighted by atomic mass is 35.5. The van der Waals surface area contributed by atoms with E-state index in [1.807, 2.05) is 39.8 Å². The van der Waals surface area contributed by atoms with Crippen LogP contribution in [0.4, 0.5) is 0 Å². The van der Waals surface area contributed by atoms with E-state index in [2.05, 4.69) is 10.3 Å². The van der Waals surface area contributed by atoms with Gasteiger partial charge in [-0.05, 0) is 114 Å². The number of allylic oxidation sites excluding steroid dienone is 2. The number of aliphatic hydroxyl groups excluding tert-OH is 1. The van der Waals surface area contributed by atoms with E-state index in [1.165, 1.54) is 6.07 Å². The van der Waals surface area contributed by atoms with Gasteiger partial charge in [0, 0.05) is 103 Å². The molecule has 2 aromatic rings. The number of benzene rings is 2. The Morgan fingerprint density at radius 2 is 1.04 bits per heavy atom. The van der Waals surface area contributed by atoms with Crippen LogP contribution in [0, 0.1) is 0 Å². The average molecular weight is 1380 g/mol. The second kappa shape index (κ2) is 45.8. The van der Waals surface area contributed by atoms with E-state index < -0.39 is 42.1 Å². The number of rotatable bonds is 18. The van der Waals surface area contributed by atoms with Gasteiger partial charge in [-0.15, -0.1) is 11.6 Å². The molecule has 538 valence electrons. The van der Waals surface area contributed by atoms with Crippen LogP contribution in [0.1, 0.15) is 138 Å². The summed E-state index contributed by atoms with van der Waals surface area (Å²) in [6.45, 7) is 19.0. The van der Waals surface area contributed by atoms with E-state index in [4.69, 9.17) is 63.9 Å². The van der Waals surface area contributed by atoms with E-state index in [9.17, 15) is 44.1 Å². The number of hydrogen-bond donors (Lipinski definition) is 3. The van der Waals surface area contributed by atoms with Crippen molar-refractivity contribution in [1.29, 1.82) is 0 Å². The molecule has 2 aromatic carbocycles. The number of carbonyl (C=O) groups is 6. The van der Waals surface area contributed by atoms with E-state index in [1.54, 1.807) is 82.0 Å². The van der Waals surface area contributed by atoms with Crippen molar-refractivity contribution in [3.8, 4) is 23.0 Å².